The van der Waals surface area contributed by atoms with Crippen molar-refractivity contribution >= 4 is 11.8 Å². The fourth-order valence-electron chi connectivity index (χ4n) is 2.05. The fourth-order valence-corrected chi connectivity index (χ4v) is 2.05. The highest BCUT2D eigenvalue weighted by Crippen LogP contribution is 2.29. The molecule has 128 valence electrons. The molecule has 2 N–H and O–H groups in total. The number of ether oxygens (including phenoxy) is 2. The predicted octanol–water partition coefficient (Wildman–Crippen LogP) is 3.04. The summed E-state index contributed by atoms with van der Waals surface area (Å²) in [7, 11) is 1.37. The summed E-state index contributed by atoms with van der Waals surface area (Å²) in [5, 5.41) is 11.9. The molecule has 0 fully saturated rings. The zero-order valence-corrected chi connectivity index (χ0v) is 12.8. The molecule has 0 aliphatic rings. The lowest BCUT2D eigenvalue weighted by Crippen LogP contribution is -2.09. The summed E-state index contributed by atoms with van der Waals surface area (Å²) in [5.41, 5.74) is 0.699. The van der Waals surface area contributed by atoms with Gasteiger partial charge in [0.15, 0.2) is 17.2 Å². The van der Waals surface area contributed by atoms with Crippen LogP contribution in [0.15, 0.2) is 36.4 Å². The third kappa shape index (κ3) is 4.80. The van der Waals surface area contributed by atoms with Crippen LogP contribution in [0, 0.1) is 0 Å². The second kappa shape index (κ2) is 8.09. The van der Waals surface area contributed by atoms with Gasteiger partial charge in [0.1, 0.15) is 5.82 Å². The zero-order valence-electron chi connectivity index (χ0n) is 12.8. The average molecular weight is 338 g/mol. The molecule has 1 aromatic carbocycles. The van der Waals surface area contributed by atoms with E-state index in [0.717, 1.165) is 5.56 Å². The summed E-state index contributed by atoms with van der Waals surface area (Å²) >= 11 is 0. The molecular formula is C16H16F2N2O4. The lowest BCUT2D eigenvalue weighted by atomic mass is 10.1. The number of hydrogen-bond donors (Lipinski definition) is 2. The van der Waals surface area contributed by atoms with Gasteiger partial charge in [-0.05, 0) is 36.2 Å². The quantitative estimate of drug-likeness (QED) is 0.770. The van der Waals surface area contributed by atoms with Gasteiger partial charge in [-0.3, -0.25) is 0 Å². The lowest BCUT2D eigenvalue weighted by molar-refractivity contribution is -0.0512. The molecular weight excluding hydrogens is 322 g/mol. The summed E-state index contributed by atoms with van der Waals surface area (Å²) in [6, 6.07) is 9.39. The number of halogens is 2. The molecule has 0 aliphatic carbocycles. The minimum atomic E-state index is -2.93. The monoisotopic (exact) mass is 338 g/mol. The predicted molar refractivity (Wildman–Crippen MR) is 83.0 cm³/mol. The van der Waals surface area contributed by atoms with E-state index < -0.39 is 12.6 Å². The highest BCUT2D eigenvalue weighted by atomic mass is 19.3. The number of aromatic nitrogens is 1. The van der Waals surface area contributed by atoms with E-state index in [2.05, 4.69) is 15.0 Å². The van der Waals surface area contributed by atoms with Crippen LogP contribution >= 0.6 is 0 Å². The molecule has 0 saturated carbocycles. The van der Waals surface area contributed by atoms with Crippen LogP contribution in [0.25, 0.3) is 0 Å². The van der Waals surface area contributed by atoms with E-state index in [4.69, 9.17) is 9.84 Å². The van der Waals surface area contributed by atoms with Crippen molar-refractivity contribution < 1.29 is 28.2 Å². The number of carboxylic acid groups (broad SMARTS) is 1. The molecule has 0 unspecified atom stereocenters. The maximum Gasteiger partial charge on any atom is 0.387 e. The third-order valence-electron chi connectivity index (χ3n) is 3.13. The van der Waals surface area contributed by atoms with E-state index in [1.165, 1.54) is 19.2 Å². The molecule has 0 radical (unpaired) electrons. The van der Waals surface area contributed by atoms with Gasteiger partial charge in [0.25, 0.3) is 0 Å². The molecule has 2 rings (SSSR count). The molecule has 2 aromatic rings. The minimum Gasteiger partial charge on any atom is -0.493 e. The largest absolute Gasteiger partial charge is 0.493 e. The molecule has 0 atom stereocenters. The highest BCUT2D eigenvalue weighted by molar-refractivity contribution is 5.85. The van der Waals surface area contributed by atoms with Crippen LogP contribution in [0.5, 0.6) is 11.5 Å². The summed E-state index contributed by atoms with van der Waals surface area (Å²) in [6.07, 6.45) is 0.503. The first-order valence-corrected chi connectivity index (χ1v) is 7.05. The Balaban J connectivity index is 1.99. The number of aromatic carboxylic acids is 1. The first-order chi connectivity index (χ1) is 11.5. The van der Waals surface area contributed by atoms with Crippen LogP contribution in [0.1, 0.15) is 16.1 Å². The SMILES string of the molecule is COc1ccc(CCNc2cccc(C(=O)O)n2)cc1OC(F)F. The van der Waals surface area contributed by atoms with Crippen LogP contribution in [-0.4, -0.2) is 36.3 Å². The normalized spacial score (nSPS) is 10.5. The van der Waals surface area contributed by atoms with Gasteiger partial charge < -0.3 is 19.9 Å². The van der Waals surface area contributed by atoms with Crippen molar-refractivity contribution in [1.82, 2.24) is 4.98 Å². The van der Waals surface area contributed by atoms with Gasteiger partial charge >= 0.3 is 12.6 Å². The van der Waals surface area contributed by atoms with E-state index in [9.17, 15) is 13.6 Å². The number of nitrogens with zero attached hydrogens (tertiary/aromatic N) is 1. The van der Waals surface area contributed by atoms with Crippen LogP contribution in [0.2, 0.25) is 0 Å². The molecule has 6 nitrogen and oxygen atoms in total. The van der Waals surface area contributed by atoms with Crippen molar-refractivity contribution in [3.63, 3.8) is 0 Å². The van der Waals surface area contributed by atoms with Crippen molar-refractivity contribution in [2.45, 2.75) is 13.0 Å². The minimum absolute atomic E-state index is 0.0315. The molecule has 1 aromatic heterocycles. The van der Waals surface area contributed by atoms with Crippen molar-refractivity contribution in [2.75, 3.05) is 19.0 Å². The van der Waals surface area contributed by atoms with E-state index >= 15 is 0 Å². The van der Waals surface area contributed by atoms with Crippen molar-refractivity contribution in [1.29, 1.82) is 0 Å². The van der Waals surface area contributed by atoms with Gasteiger partial charge in [-0.15, -0.1) is 0 Å². The number of alkyl halides is 2. The molecule has 0 saturated heterocycles. The fraction of sp³-hybridized carbons (Fsp3) is 0.250. The molecule has 1 heterocycles. The van der Waals surface area contributed by atoms with Crippen molar-refractivity contribution in [2.24, 2.45) is 0 Å². The number of nitrogens with one attached hydrogen (secondary N) is 1. The second-order valence-electron chi connectivity index (χ2n) is 4.75. The van der Waals surface area contributed by atoms with Crippen LogP contribution in [0.4, 0.5) is 14.6 Å². The Morgan fingerprint density at radius 1 is 1.29 bits per heavy atom. The Kier molecular flexibility index (Phi) is 5.89. The Hall–Kier alpha value is -2.90. The highest BCUT2D eigenvalue weighted by Gasteiger charge is 2.11. The number of hydrogen-bond acceptors (Lipinski definition) is 5. The maximum atomic E-state index is 12.4. The zero-order chi connectivity index (χ0) is 17.5. The number of carbonyl (C=O) groups is 1. The first kappa shape index (κ1) is 17.5. The van der Waals surface area contributed by atoms with Gasteiger partial charge in [0.05, 0.1) is 7.11 Å². The number of methoxy groups -OCH3 is 1. The van der Waals surface area contributed by atoms with Gasteiger partial charge in [0, 0.05) is 6.54 Å². The van der Waals surface area contributed by atoms with Crippen LogP contribution in [-0.2, 0) is 6.42 Å². The van der Waals surface area contributed by atoms with Crippen molar-refractivity contribution in [3.05, 3.63) is 47.7 Å². The number of carboxylic acids is 1. The van der Waals surface area contributed by atoms with E-state index in [0.29, 0.717) is 18.8 Å². The van der Waals surface area contributed by atoms with E-state index in [1.807, 2.05) is 0 Å². The van der Waals surface area contributed by atoms with E-state index in [1.54, 1.807) is 24.3 Å². The topological polar surface area (TPSA) is 80.7 Å². The Morgan fingerprint density at radius 3 is 2.75 bits per heavy atom. The first-order valence-electron chi connectivity index (χ1n) is 7.05. The van der Waals surface area contributed by atoms with E-state index in [-0.39, 0.29) is 17.2 Å². The summed E-state index contributed by atoms with van der Waals surface area (Å²) < 4.78 is 34.2. The van der Waals surface area contributed by atoms with Gasteiger partial charge in [-0.25, -0.2) is 9.78 Å². The molecule has 24 heavy (non-hydrogen) atoms. The number of rotatable bonds is 8. The molecule has 0 spiro atoms. The standard InChI is InChI=1S/C16H16F2N2O4/c1-23-12-6-5-10(9-13(12)24-16(17)18)7-8-19-14-4-2-3-11(20-14)15(21)22/h2-6,9,16H,7-8H2,1H3,(H,19,20)(H,21,22). The molecule has 8 heteroatoms. The van der Waals surface area contributed by atoms with Crippen LogP contribution < -0.4 is 14.8 Å². The Labute approximate surface area is 137 Å². The van der Waals surface area contributed by atoms with Crippen molar-refractivity contribution in [3.8, 4) is 11.5 Å². The lowest BCUT2D eigenvalue weighted by Gasteiger charge is -2.12. The average Bonchev–Trinajstić information content (AvgIpc) is 2.55. The molecule has 0 amide bonds. The summed E-state index contributed by atoms with van der Waals surface area (Å²) in [6.45, 7) is -2.49. The van der Waals surface area contributed by atoms with Gasteiger partial charge in [-0.2, -0.15) is 8.78 Å². The molecule has 0 aliphatic heterocycles. The smallest absolute Gasteiger partial charge is 0.387 e. The molecule has 0 bridgehead atoms. The number of pyridine rings is 1. The number of benzene rings is 1. The van der Waals surface area contributed by atoms with Crippen LogP contribution in [0.3, 0.4) is 0 Å². The van der Waals surface area contributed by atoms with Gasteiger partial charge in [-0.1, -0.05) is 12.1 Å². The number of anilines is 1. The second-order valence-corrected chi connectivity index (χ2v) is 4.75. The van der Waals surface area contributed by atoms with Gasteiger partial charge in [0.2, 0.25) is 0 Å². The third-order valence-corrected chi connectivity index (χ3v) is 3.13. The summed E-state index contributed by atoms with van der Waals surface area (Å²) in [5.74, 6) is -0.492. The summed E-state index contributed by atoms with van der Waals surface area (Å²) in [4.78, 5) is 14.8. The maximum absolute atomic E-state index is 12.4. The Morgan fingerprint density at radius 2 is 2.08 bits per heavy atom. The Bertz CT molecular complexity index is 710.